The van der Waals surface area contributed by atoms with Crippen molar-refractivity contribution >= 4 is 23.9 Å². The van der Waals surface area contributed by atoms with Gasteiger partial charge in [-0.15, -0.1) is 0 Å². The molecule has 3 aliphatic rings. The van der Waals surface area contributed by atoms with Crippen LogP contribution in [0.25, 0.3) is 0 Å². The van der Waals surface area contributed by atoms with Gasteiger partial charge >= 0.3 is 23.9 Å². The molecular formula is C44H56O8. The molecule has 0 aliphatic heterocycles. The highest BCUT2D eigenvalue weighted by Gasteiger charge is 2.32. The molecule has 0 saturated heterocycles. The lowest BCUT2D eigenvalue weighted by molar-refractivity contribution is -0.138. The Labute approximate surface area is 309 Å². The van der Waals surface area contributed by atoms with Gasteiger partial charge in [-0.25, -0.2) is 19.2 Å². The molecule has 0 unspecified atom stereocenters. The number of carbonyl (C=O) groups is 4. The van der Waals surface area contributed by atoms with Crippen LogP contribution in [-0.4, -0.2) is 49.3 Å². The van der Waals surface area contributed by atoms with Gasteiger partial charge in [0.25, 0.3) is 0 Å². The highest BCUT2D eigenvalue weighted by Crippen LogP contribution is 2.39. The number of carbonyl (C=O) groups excluding carboxylic acids is 4. The maximum absolute atomic E-state index is 13.2. The molecule has 280 valence electrons. The second kappa shape index (κ2) is 20.1. The van der Waals surface area contributed by atoms with Crippen molar-refractivity contribution in [1.82, 2.24) is 0 Å². The van der Waals surface area contributed by atoms with Gasteiger partial charge in [0.05, 0.1) is 24.3 Å². The minimum Gasteiger partial charge on any atom is -0.463 e. The van der Waals surface area contributed by atoms with Crippen molar-refractivity contribution in [1.29, 1.82) is 0 Å². The van der Waals surface area contributed by atoms with Gasteiger partial charge in [-0.2, -0.15) is 0 Å². The Morgan fingerprint density at radius 2 is 0.904 bits per heavy atom. The molecule has 0 spiro atoms. The molecule has 2 aromatic carbocycles. The molecule has 5 rings (SSSR count). The fourth-order valence-electron chi connectivity index (χ4n) is 8.30. The third-order valence-corrected chi connectivity index (χ3v) is 11.4. The molecule has 3 fully saturated rings. The van der Waals surface area contributed by atoms with E-state index in [1.165, 1.54) is 23.3 Å². The maximum Gasteiger partial charge on any atom is 0.338 e. The quantitative estimate of drug-likeness (QED) is 0.0734. The highest BCUT2D eigenvalue weighted by molar-refractivity contribution is 5.90. The van der Waals surface area contributed by atoms with E-state index in [0.29, 0.717) is 60.9 Å². The predicted octanol–water partition coefficient (Wildman–Crippen LogP) is 9.58. The van der Waals surface area contributed by atoms with E-state index in [-0.39, 0.29) is 23.9 Å². The van der Waals surface area contributed by atoms with E-state index in [9.17, 15) is 19.2 Å². The van der Waals surface area contributed by atoms with Crippen molar-refractivity contribution in [3.8, 4) is 0 Å². The van der Waals surface area contributed by atoms with E-state index in [1.807, 2.05) is 24.3 Å². The highest BCUT2D eigenvalue weighted by atomic mass is 16.6. The topological polar surface area (TPSA) is 105 Å². The van der Waals surface area contributed by atoms with Crippen molar-refractivity contribution in [2.45, 2.75) is 127 Å². The Morgan fingerprint density at radius 1 is 0.538 bits per heavy atom. The molecule has 0 aromatic heterocycles. The largest absolute Gasteiger partial charge is 0.463 e. The van der Waals surface area contributed by atoms with Crippen LogP contribution in [0.1, 0.15) is 146 Å². The summed E-state index contributed by atoms with van der Waals surface area (Å²) in [6.07, 6.45) is 17.6. The number of benzene rings is 2. The molecule has 52 heavy (non-hydrogen) atoms. The van der Waals surface area contributed by atoms with Crippen molar-refractivity contribution < 1.29 is 38.1 Å². The van der Waals surface area contributed by atoms with E-state index < -0.39 is 12.2 Å². The fourth-order valence-corrected chi connectivity index (χ4v) is 8.30. The van der Waals surface area contributed by atoms with Gasteiger partial charge in [-0.3, -0.25) is 0 Å². The first kappa shape index (κ1) is 39.0. The summed E-state index contributed by atoms with van der Waals surface area (Å²) in [7, 11) is 0. The standard InChI is InChI=1S/C44H56O8/c1-3-41(45)49-29-7-9-31-13-17-33(18-14-31)35-21-25-37(26-22-35)43(47)51-39-11-5-6-12-40(39)52-44(48)38-27-23-36(24-28-38)34-19-15-32(16-20-34)10-8-30-50-42(46)4-2/h3-4,21-28,31-34,39-40H,1-2,5-20,29-30H2/t31-,32-,33-,34-,39-,40-/m1/s1. The second-order valence-corrected chi connectivity index (χ2v) is 14.9. The van der Waals surface area contributed by atoms with Crippen LogP contribution >= 0.6 is 0 Å². The van der Waals surface area contributed by atoms with Gasteiger partial charge in [0.15, 0.2) is 0 Å². The average Bonchev–Trinajstić information content (AvgIpc) is 3.19. The Bertz CT molecular complexity index is 1370. The number of rotatable bonds is 16. The zero-order chi connectivity index (χ0) is 36.7. The van der Waals surface area contributed by atoms with Crippen LogP contribution in [0.2, 0.25) is 0 Å². The van der Waals surface area contributed by atoms with Crippen LogP contribution in [0.3, 0.4) is 0 Å². The minimum atomic E-state index is -0.469. The summed E-state index contributed by atoms with van der Waals surface area (Å²) in [6, 6.07) is 15.7. The van der Waals surface area contributed by atoms with Gasteiger partial charge in [0.2, 0.25) is 0 Å². The first-order valence-corrected chi connectivity index (χ1v) is 19.5. The molecule has 2 aromatic rings. The van der Waals surface area contributed by atoms with Crippen LogP contribution in [0, 0.1) is 11.8 Å². The molecule has 0 bridgehead atoms. The second-order valence-electron chi connectivity index (χ2n) is 14.9. The number of hydrogen-bond acceptors (Lipinski definition) is 8. The van der Waals surface area contributed by atoms with E-state index in [0.717, 1.165) is 89.9 Å². The molecule has 8 nitrogen and oxygen atoms in total. The van der Waals surface area contributed by atoms with Crippen molar-refractivity contribution in [3.63, 3.8) is 0 Å². The lowest BCUT2D eigenvalue weighted by Crippen LogP contribution is -2.37. The summed E-state index contributed by atoms with van der Waals surface area (Å²) in [5.41, 5.74) is 3.53. The van der Waals surface area contributed by atoms with Crippen LogP contribution in [0.5, 0.6) is 0 Å². The molecule has 0 heterocycles. The van der Waals surface area contributed by atoms with Gasteiger partial charge in [0.1, 0.15) is 12.2 Å². The van der Waals surface area contributed by atoms with Crippen molar-refractivity contribution in [2.24, 2.45) is 11.8 Å². The Kier molecular flexibility index (Phi) is 15.1. The van der Waals surface area contributed by atoms with Crippen LogP contribution in [0.4, 0.5) is 0 Å². The van der Waals surface area contributed by atoms with Gasteiger partial charge in [-0.1, -0.05) is 37.4 Å². The summed E-state index contributed by atoms with van der Waals surface area (Å²) in [5, 5.41) is 0. The lowest BCUT2D eigenvalue weighted by atomic mass is 9.77. The summed E-state index contributed by atoms with van der Waals surface area (Å²) in [5.74, 6) is 0.781. The van der Waals surface area contributed by atoms with Crippen molar-refractivity contribution in [2.75, 3.05) is 13.2 Å². The first-order chi connectivity index (χ1) is 25.3. The van der Waals surface area contributed by atoms with Crippen LogP contribution < -0.4 is 0 Å². The summed E-state index contributed by atoms with van der Waals surface area (Å²) in [6.45, 7) is 7.76. The minimum absolute atomic E-state index is 0.360. The van der Waals surface area contributed by atoms with E-state index >= 15 is 0 Å². The van der Waals surface area contributed by atoms with E-state index in [4.69, 9.17) is 18.9 Å². The maximum atomic E-state index is 13.2. The third-order valence-electron chi connectivity index (χ3n) is 11.4. The Morgan fingerprint density at radius 3 is 1.25 bits per heavy atom. The normalized spacial score (nSPS) is 24.5. The number of ether oxygens (including phenoxy) is 4. The predicted molar refractivity (Wildman–Crippen MR) is 200 cm³/mol. The molecule has 0 radical (unpaired) electrons. The lowest BCUT2D eigenvalue weighted by Gasteiger charge is -2.31. The molecule has 2 atom stereocenters. The Balaban J connectivity index is 1.04. The molecule has 0 amide bonds. The first-order valence-electron chi connectivity index (χ1n) is 19.5. The smallest absolute Gasteiger partial charge is 0.338 e. The Hall–Kier alpha value is -4.20. The van der Waals surface area contributed by atoms with Crippen molar-refractivity contribution in [3.05, 3.63) is 96.1 Å². The van der Waals surface area contributed by atoms with Gasteiger partial charge in [-0.05, 0) is 162 Å². The summed E-state index contributed by atoms with van der Waals surface area (Å²) in [4.78, 5) is 48.9. The molecular weight excluding hydrogens is 656 g/mol. The zero-order valence-electron chi connectivity index (χ0n) is 30.6. The summed E-state index contributed by atoms with van der Waals surface area (Å²) >= 11 is 0. The zero-order valence-corrected chi connectivity index (χ0v) is 30.6. The van der Waals surface area contributed by atoms with Gasteiger partial charge < -0.3 is 18.9 Å². The molecule has 3 aliphatic carbocycles. The van der Waals surface area contributed by atoms with Crippen LogP contribution in [-0.2, 0) is 28.5 Å². The molecule has 8 heteroatoms. The number of esters is 4. The third kappa shape index (κ3) is 11.7. The molecule has 3 saturated carbocycles. The fraction of sp³-hybridized carbons (Fsp3) is 0.545. The SMILES string of the molecule is C=CC(=O)OCCC[C@H]1CC[C@H](c2ccc(C(=O)O[C@@H]3CCCC[C@H]3OC(=O)c3ccc([C@H]4CC[C@H](CCCOC(=O)C=C)CC4)cc3)cc2)CC1. The van der Waals surface area contributed by atoms with Gasteiger partial charge in [0, 0.05) is 12.2 Å². The summed E-state index contributed by atoms with van der Waals surface area (Å²) < 4.78 is 22.1. The van der Waals surface area contributed by atoms with E-state index in [2.05, 4.69) is 37.4 Å². The van der Waals surface area contributed by atoms with E-state index in [1.54, 1.807) is 0 Å². The number of hydrogen-bond donors (Lipinski definition) is 0. The average molecular weight is 713 g/mol. The molecule has 0 N–H and O–H groups in total. The van der Waals surface area contributed by atoms with Crippen LogP contribution in [0.15, 0.2) is 73.8 Å². The monoisotopic (exact) mass is 712 g/mol.